The summed E-state index contributed by atoms with van der Waals surface area (Å²) in [6, 6.07) is 14.2. The minimum atomic E-state index is -0.0438. The van der Waals surface area contributed by atoms with Crippen LogP contribution >= 0.6 is 15.9 Å². The zero-order valence-electron chi connectivity index (χ0n) is 12.7. The third-order valence-corrected chi connectivity index (χ3v) is 5.03. The van der Waals surface area contributed by atoms with Gasteiger partial charge in [-0.15, -0.1) is 0 Å². The average Bonchev–Trinajstić information content (AvgIpc) is 2.54. The molecule has 22 heavy (non-hydrogen) atoms. The van der Waals surface area contributed by atoms with Crippen LogP contribution < -0.4 is 5.32 Å². The molecule has 0 unspecified atom stereocenters. The first-order valence-electron chi connectivity index (χ1n) is 7.82. The highest BCUT2D eigenvalue weighted by Gasteiger charge is 2.16. The van der Waals surface area contributed by atoms with Crippen LogP contribution in [0.5, 0.6) is 0 Å². The lowest BCUT2D eigenvalue weighted by atomic mass is 9.89. The largest absolute Gasteiger partial charge is 0.345 e. The van der Waals surface area contributed by atoms with Crippen LogP contribution in [0.1, 0.15) is 52.9 Å². The van der Waals surface area contributed by atoms with Crippen LogP contribution in [0.2, 0.25) is 0 Å². The molecule has 1 amide bonds. The molecular formula is C19H20BrNO. The standard InChI is InChI=1S/C19H20BrNO/c1-13(21-19(22)17-8-4-5-9-18(17)20)15-11-10-14-6-2-3-7-16(14)12-15/h4-5,8-13H,2-3,6-7H2,1H3,(H,21,22)/t13-/m1/s1. The topological polar surface area (TPSA) is 29.1 Å². The van der Waals surface area contributed by atoms with Crippen molar-refractivity contribution >= 4 is 21.8 Å². The summed E-state index contributed by atoms with van der Waals surface area (Å²) in [6.07, 6.45) is 4.91. The number of carbonyl (C=O) groups excluding carboxylic acids is 1. The molecule has 0 heterocycles. The SMILES string of the molecule is C[C@@H](NC(=O)c1ccccc1Br)c1ccc2c(c1)CCCC2. The Hall–Kier alpha value is -1.61. The van der Waals surface area contributed by atoms with Gasteiger partial charge in [-0.2, -0.15) is 0 Å². The van der Waals surface area contributed by atoms with E-state index in [9.17, 15) is 4.79 Å². The highest BCUT2D eigenvalue weighted by Crippen LogP contribution is 2.25. The smallest absolute Gasteiger partial charge is 0.252 e. The summed E-state index contributed by atoms with van der Waals surface area (Å²) in [4.78, 5) is 12.4. The van der Waals surface area contributed by atoms with Crippen LogP contribution in [0, 0.1) is 0 Å². The van der Waals surface area contributed by atoms with E-state index in [0.29, 0.717) is 5.56 Å². The summed E-state index contributed by atoms with van der Waals surface area (Å²) in [5.74, 6) is -0.0438. The number of halogens is 1. The predicted octanol–water partition coefficient (Wildman–Crippen LogP) is 4.82. The number of carbonyl (C=O) groups is 1. The molecule has 2 nitrogen and oxygen atoms in total. The Morgan fingerprint density at radius 1 is 1.09 bits per heavy atom. The molecule has 114 valence electrons. The number of rotatable bonds is 3. The van der Waals surface area contributed by atoms with Crippen molar-refractivity contribution < 1.29 is 4.79 Å². The maximum atomic E-state index is 12.4. The summed E-state index contributed by atoms with van der Waals surface area (Å²) in [6.45, 7) is 2.04. The van der Waals surface area contributed by atoms with Crippen LogP contribution in [-0.2, 0) is 12.8 Å². The van der Waals surface area contributed by atoms with Crippen molar-refractivity contribution in [3.8, 4) is 0 Å². The average molecular weight is 358 g/mol. The lowest BCUT2D eigenvalue weighted by Gasteiger charge is -2.20. The minimum Gasteiger partial charge on any atom is -0.345 e. The molecular weight excluding hydrogens is 338 g/mol. The van der Waals surface area contributed by atoms with Gasteiger partial charge in [0.1, 0.15) is 0 Å². The number of aryl methyl sites for hydroxylation is 2. The van der Waals surface area contributed by atoms with E-state index in [1.807, 2.05) is 31.2 Å². The summed E-state index contributed by atoms with van der Waals surface area (Å²) in [5, 5.41) is 3.09. The van der Waals surface area contributed by atoms with Gasteiger partial charge in [0, 0.05) is 4.47 Å². The number of hydrogen-bond acceptors (Lipinski definition) is 1. The Morgan fingerprint density at radius 2 is 1.82 bits per heavy atom. The predicted molar refractivity (Wildman–Crippen MR) is 93.1 cm³/mol. The number of hydrogen-bond donors (Lipinski definition) is 1. The molecule has 1 aliphatic carbocycles. The van der Waals surface area contributed by atoms with Crippen LogP contribution in [0.3, 0.4) is 0 Å². The Balaban J connectivity index is 1.76. The van der Waals surface area contributed by atoms with Gasteiger partial charge in [-0.25, -0.2) is 0 Å². The van der Waals surface area contributed by atoms with Crippen LogP contribution in [-0.4, -0.2) is 5.91 Å². The molecule has 0 aliphatic heterocycles. The highest BCUT2D eigenvalue weighted by atomic mass is 79.9. The fraction of sp³-hybridized carbons (Fsp3) is 0.316. The molecule has 2 aromatic rings. The van der Waals surface area contributed by atoms with Crippen molar-refractivity contribution in [2.75, 3.05) is 0 Å². The van der Waals surface area contributed by atoms with Gasteiger partial charge >= 0.3 is 0 Å². The second kappa shape index (κ2) is 6.66. The zero-order valence-corrected chi connectivity index (χ0v) is 14.3. The normalized spacial score (nSPS) is 15.0. The zero-order chi connectivity index (χ0) is 15.5. The summed E-state index contributed by atoms with van der Waals surface area (Å²) >= 11 is 3.43. The Kier molecular flexibility index (Phi) is 4.63. The molecule has 0 fully saturated rings. The van der Waals surface area contributed by atoms with E-state index < -0.39 is 0 Å². The van der Waals surface area contributed by atoms with E-state index in [-0.39, 0.29) is 11.9 Å². The van der Waals surface area contributed by atoms with E-state index in [1.165, 1.54) is 36.0 Å². The van der Waals surface area contributed by atoms with E-state index in [0.717, 1.165) is 10.9 Å². The first-order chi connectivity index (χ1) is 10.6. The molecule has 3 heteroatoms. The van der Waals surface area contributed by atoms with Crippen LogP contribution in [0.25, 0.3) is 0 Å². The Labute approximate surface area is 140 Å². The Morgan fingerprint density at radius 3 is 2.59 bits per heavy atom. The first kappa shape index (κ1) is 15.3. The van der Waals surface area contributed by atoms with Crippen LogP contribution in [0.15, 0.2) is 46.9 Å². The van der Waals surface area contributed by atoms with E-state index >= 15 is 0 Å². The van der Waals surface area contributed by atoms with E-state index in [1.54, 1.807) is 0 Å². The van der Waals surface area contributed by atoms with E-state index in [2.05, 4.69) is 39.4 Å². The lowest BCUT2D eigenvalue weighted by molar-refractivity contribution is 0.0939. The molecule has 1 aliphatic rings. The molecule has 0 spiro atoms. The van der Waals surface area contributed by atoms with Crippen molar-refractivity contribution in [2.24, 2.45) is 0 Å². The third-order valence-electron chi connectivity index (χ3n) is 4.34. The van der Waals surface area contributed by atoms with Crippen molar-refractivity contribution in [3.63, 3.8) is 0 Å². The fourth-order valence-electron chi connectivity index (χ4n) is 3.03. The molecule has 0 saturated heterocycles. The van der Waals surface area contributed by atoms with Crippen molar-refractivity contribution in [1.29, 1.82) is 0 Å². The van der Waals surface area contributed by atoms with E-state index in [4.69, 9.17) is 0 Å². The van der Waals surface area contributed by atoms with Crippen LogP contribution in [0.4, 0.5) is 0 Å². The fourth-order valence-corrected chi connectivity index (χ4v) is 3.49. The molecule has 2 aromatic carbocycles. The number of amides is 1. The monoisotopic (exact) mass is 357 g/mol. The van der Waals surface area contributed by atoms with Gasteiger partial charge in [0.2, 0.25) is 0 Å². The van der Waals surface area contributed by atoms with Gasteiger partial charge in [-0.3, -0.25) is 4.79 Å². The lowest BCUT2D eigenvalue weighted by Crippen LogP contribution is -2.27. The van der Waals surface area contributed by atoms with Gasteiger partial charge in [0.25, 0.3) is 5.91 Å². The molecule has 3 rings (SSSR count). The number of benzene rings is 2. The third kappa shape index (κ3) is 3.25. The highest BCUT2D eigenvalue weighted by molar-refractivity contribution is 9.10. The van der Waals surface area contributed by atoms with Crippen molar-refractivity contribution in [3.05, 3.63) is 69.2 Å². The molecule has 0 radical (unpaired) electrons. The van der Waals surface area contributed by atoms with Crippen molar-refractivity contribution in [1.82, 2.24) is 5.32 Å². The summed E-state index contributed by atoms with van der Waals surface area (Å²) in [7, 11) is 0. The van der Waals surface area contributed by atoms with Gasteiger partial charge < -0.3 is 5.32 Å². The summed E-state index contributed by atoms with van der Waals surface area (Å²) in [5.41, 5.74) is 4.78. The van der Waals surface area contributed by atoms with Gasteiger partial charge in [0.05, 0.1) is 11.6 Å². The van der Waals surface area contributed by atoms with Gasteiger partial charge in [-0.05, 0) is 77.4 Å². The molecule has 1 atom stereocenters. The van der Waals surface area contributed by atoms with Gasteiger partial charge in [0.15, 0.2) is 0 Å². The number of nitrogens with one attached hydrogen (secondary N) is 1. The molecule has 0 bridgehead atoms. The quantitative estimate of drug-likeness (QED) is 0.838. The molecule has 1 N–H and O–H groups in total. The van der Waals surface area contributed by atoms with Gasteiger partial charge in [-0.1, -0.05) is 30.3 Å². The Bertz CT molecular complexity index is 696. The minimum absolute atomic E-state index is 0.00633. The maximum absolute atomic E-state index is 12.4. The second-order valence-corrected chi connectivity index (χ2v) is 6.76. The summed E-state index contributed by atoms with van der Waals surface area (Å²) < 4.78 is 0.824. The number of fused-ring (bicyclic) bond motifs is 1. The molecule has 0 saturated carbocycles. The molecule has 0 aromatic heterocycles. The second-order valence-electron chi connectivity index (χ2n) is 5.91. The van der Waals surface area contributed by atoms with Crippen molar-refractivity contribution in [2.45, 2.75) is 38.6 Å². The maximum Gasteiger partial charge on any atom is 0.252 e. The first-order valence-corrected chi connectivity index (χ1v) is 8.61.